The lowest BCUT2D eigenvalue weighted by atomic mass is 10.1. The summed E-state index contributed by atoms with van der Waals surface area (Å²) >= 11 is 0. The molecular formula is C22H33N3O2. The van der Waals surface area contributed by atoms with Gasteiger partial charge < -0.3 is 19.9 Å². The third-order valence-electron chi connectivity index (χ3n) is 5.27. The van der Waals surface area contributed by atoms with Gasteiger partial charge in [0.05, 0.1) is 6.61 Å². The number of nitrogens with zero attached hydrogens (tertiary/aromatic N) is 1. The fourth-order valence-electron chi connectivity index (χ4n) is 3.77. The van der Waals surface area contributed by atoms with Crippen LogP contribution < -0.4 is 10.1 Å². The number of aromatic amines is 1. The number of fused-ring (bicyclic) bond motifs is 1. The number of benzene rings is 1. The van der Waals surface area contributed by atoms with Crippen LogP contribution >= 0.6 is 0 Å². The van der Waals surface area contributed by atoms with Gasteiger partial charge in [-0.05, 0) is 69.0 Å². The molecule has 1 fully saturated rings. The third kappa shape index (κ3) is 5.99. The van der Waals surface area contributed by atoms with Crippen molar-refractivity contribution in [3.63, 3.8) is 0 Å². The molecular weight excluding hydrogens is 338 g/mol. The highest BCUT2D eigenvalue weighted by atomic mass is 16.5. The molecule has 0 radical (unpaired) electrons. The van der Waals surface area contributed by atoms with E-state index < -0.39 is 0 Å². The first-order valence-corrected chi connectivity index (χ1v) is 10.5. The van der Waals surface area contributed by atoms with Gasteiger partial charge in [0.25, 0.3) is 0 Å². The topological polar surface area (TPSA) is 57.4 Å². The molecule has 0 atom stereocenters. The summed E-state index contributed by atoms with van der Waals surface area (Å²) < 4.78 is 5.99. The predicted octanol–water partition coefficient (Wildman–Crippen LogP) is 3.88. The van der Waals surface area contributed by atoms with E-state index in [1.165, 1.54) is 43.3 Å². The Morgan fingerprint density at radius 3 is 2.93 bits per heavy atom. The molecule has 1 aliphatic heterocycles. The zero-order chi connectivity index (χ0) is 18.9. The van der Waals surface area contributed by atoms with Gasteiger partial charge in [-0.25, -0.2) is 0 Å². The molecule has 148 valence electrons. The molecule has 0 unspecified atom stereocenters. The number of rotatable bonds is 10. The lowest BCUT2D eigenvalue weighted by Crippen LogP contribution is -2.31. The molecule has 0 saturated carbocycles. The second-order valence-corrected chi connectivity index (χ2v) is 7.48. The number of aromatic nitrogens is 1. The number of hydrogen-bond acceptors (Lipinski definition) is 3. The highest BCUT2D eigenvalue weighted by molar-refractivity contribution is 5.84. The maximum atomic E-state index is 11.6. The van der Waals surface area contributed by atoms with Crippen LogP contribution in [0.15, 0.2) is 24.4 Å². The highest BCUT2D eigenvalue weighted by Gasteiger charge is 2.10. The van der Waals surface area contributed by atoms with Crippen molar-refractivity contribution in [2.45, 2.75) is 51.9 Å². The molecule has 5 nitrogen and oxygen atoms in total. The SMILES string of the molecule is CCCC(=O)NCCc1c[nH]c2ccc(OCCCN3CCCCC3)cc12. The largest absolute Gasteiger partial charge is 0.494 e. The number of amides is 1. The summed E-state index contributed by atoms with van der Waals surface area (Å²) in [5.41, 5.74) is 2.34. The zero-order valence-corrected chi connectivity index (χ0v) is 16.6. The van der Waals surface area contributed by atoms with Crippen LogP contribution in [0.3, 0.4) is 0 Å². The number of piperidine rings is 1. The van der Waals surface area contributed by atoms with E-state index in [1.54, 1.807) is 0 Å². The lowest BCUT2D eigenvalue weighted by molar-refractivity contribution is -0.121. The molecule has 3 rings (SSSR count). The highest BCUT2D eigenvalue weighted by Crippen LogP contribution is 2.24. The van der Waals surface area contributed by atoms with E-state index >= 15 is 0 Å². The monoisotopic (exact) mass is 371 g/mol. The first kappa shape index (κ1) is 19.7. The van der Waals surface area contributed by atoms with Gasteiger partial charge in [0.1, 0.15) is 5.75 Å². The van der Waals surface area contributed by atoms with Crippen LogP contribution in [0.25, 0.3) is 10.9 Å². The molecule has 1 amide bonds. The van der Waals surface area contributed by atoms with Crippen LogP contribution in [0, 0.1) is 0 Å². The molecule has 1 aromatic carbocycles. The number of carbonyl (C=O) groups excluding carboxylic acids is 1. The minimum atomic E-state index is 0.134. The maximum absolute atomic E-state index is 11.6. The summed E-state index contributed by atoms with van der Waals surface area (Å²) in [6.07, 6.45) is 9.49. The molecule has 2 heterocycles. The molecule has 1 aliphatic rings. The Morgan fingerprint density at radius 2 is 2.11 bits per heavy atom. The van der Waals surface area contributed by atoms with E-state index in [0.717, 1.165) is 43.7 Å². The standard InChI is InChI=1S/C22H33N3O2/c1-2-7-22(26)23-11-10-18-17-24-21-9-8-19(16-20(18)21)27-15-6-14-25-12-4-3-5-13-25/h8-9,16-17,24H,2-7,10-15H2,1H3,(H,23,26). The summed E-state index contributed by atoms with van der Waals surface area (Å²) in [5.74, 6) is 1.06. The van der Waals surface area contributed by atoms with E-state index in [9.17, 15) is 4.79 Å². The predicted molar refractivity (Wildman–Crippen MR) is 110 cm³/mol. The average Bonchev–Trinajstić information content (AvgIpc) is 3.09. The van der Waals surface area contributed by atoms with Crippen molar-refractivity contribution in [2.75, 3.05) is 32.8 Å². The van der Waals surface area contributed by atoms with Gasteiger partial charge in [-0.1, -0.05) is 13.3 Å². The first-order chi connectivity index (χ1) is 13.3. The van der Waals surface area contributed by atoms with Gasteiger partial charge >= 0.3 is 0 Å². The second-order valence-electron chi connectivity index (χ2n) is 7.48. The molecule has 2 aromatic rings. The Hall–Kier alpha value is -2.01. The van der Waals surface area contributed by atoms with E-state index in [0.29, 0.717) is 13.0 Å². The van der Waals surface area contributed by atoms with Crippen molar-refractivity contribution in [3.05, 3.63) is 30.0 Å². The van der Waals surface area contributed by atoms with Gasteiger partial charge in [0, 0.05) is 36.6 Å². The van der Waals surface area contributed by atoms with Crippen LogP contribution in [0.2, 0.25) is 0 Å². The van der Waals surface area contributed by atoms with Crippen LogP contribution in [0.4, 0.5) is 0 Å². The number of ether oxygens (including phenoxy) is 1. The van der Waals surface area contributed by atoms with Crippen LogP contribution in [-0.2, 0) is 11.2 Å². The van der Waals surface area contributed by atoms with Gasteiger partial charge in [-0.3, -0.25) is 4.79 Å². The molecule has 1 saturated heterocycles. The molecule has 0 bridgehead atoms. The Bertz CT molecular complexity index is 719. The molecule has 2 N–H and O–H groups in total. The second kappa shape index (κ2) is 10.4. The minimum Gasteiger partial charge on any atom is -0.494 e. The molecule has 0 aliphatic carbocycles. The van der Waals surface area contributed by atoms with Gasteiger partial charge in [-0.15, -0.1) is 0 Å². The van der Waals surface area contributed by atoms with Gasteiger partial charge in [0.15, 0.2) is 0 Å². The lowest BCUT2D eigenvalue weighted by Gasteiger charge is -2.26. The number of carbonyl (C=O) groups is 1. The molecule has 1 aromatic heterocycles. The fourth-order valence-corrected chi connectivity index (χ4v) is 3.77. The Balaban J connectivity index is 1.47. The summed E-state index contributed by atoms with van der Waals surface area (Å²) in [6.45, 7) is 7.07. The van der Waals surface area contributed by atoms with Crippen molar-refractivity contribution in [3.8, 4) is 5.75 Å². The number of hydrogen-bond donors (Lipinski definition) is 2. The summed E-state index contributed by atoms with van der Waals surface area (Å²) in [4.78, 5) is 17.5. The molecule has 0 spiro atoms. The number of nitrogens with one attached hydrogen (secondary N) is 2. The Labute approximate surface area is 162 Å². The Morgan fingerprint density at radius 1 is 1.26 bits per heavy atom. The smallest absolute Gasteiger partial charge is 0.219 e. The molecule has 27 heavy (non-hydrogen) atoms. The van der Waals surface area contributed by atoms with Crippen molar-refractivity contribution in [1.82, 2.24) is 15.2 Å². The summed E-state index contributed by atoms with van der Waals surface area (Å²) in [7, 11) is 0. The fraction of sp³-hybridized carbons (Fsp3) is 0.591. The Kier molecular flexibility index (Phi) is 7.57. The van der Waals surface area contributed by atoms with Crippen LogP contribution in [0.1, 0.15) is 51.0 Å². The zero-order valence-electron chi connectivity index (χ0n) is 16.6. The minimum absolute atomic E-state index is 0.134. The summed E-state index contributed by atoms with van der Waals surface area (Å²) in [5, 5.41) is 4.17. The van der Waals surface area contributed by atoms with Gasteiger partial charge in [0.2, 0.25) is 5.91 Å². The summed E-state index contributed by atoms with van der Waals surface area (Å²) in [6, 6.07) is 6.23. The van der Waals surface area contributed by atoms with E-state index in [1.807, 2.05) is 19.2 Å². The number of H-pyrrole nitrogens is 1. The van der Waals surface area contributed by atoms with E-state index in [-0.39, 0.29) is 5.91 Å². The normalized spacial score (nSPS) is 15.1. The van der Waals surface area contributed by atoms with Gasteiger partial charge in [-0.2, -0.15) is 0 Å². The van der Waals surface area contributed by atoms with Crippen molar-refractivity contribution in [1.29, 1.82) is 0 Å². The molecule has 5 heteroatoms. The van der Waals surface area contributed by atoms with E-state index in [2.05, 4.69) is 27.3 Å². The first-order valence-electron chi connectivity index (χ1n) is 10.5. The quantitative estimate of drug-likeness (QED) is 0.623. The number of likely N-dealkylation sites (tertiary alicyclic amines) is 1. The third-order valence-corrected chi connectivity index (χ3v) is 5.27. The van der Waals surface area contributed by atoms with Crippen molar-refractivity contribution in [2.24, 2.45) is 0 Å². The van der Waals surface area contributed by atoms with Crippen LogP contribution in [-0.4, -0.2) is 48.6 Å². The average molecular weight is 372 g/mol. The van der Waals surface area contributed by atoms with Crippen molar-refractivity contribution < 1.29 is 9.53 Å². The van der Waals surface area contributed by atoms with Crippen molar-refractivity contribution >= 4 is 16.8 Å². The van der Waals surface area contributed by atoms with E-state index in [4.69, 9.17) is 4.74 Å². The van der Waals surface area contributed by atoms with Crippen LogP contribution in [0.5, 0.6) is 5.75 Å². The maximum Gasteiger partial charge on any atom is 0.219 e.